The maximum absolute atomic E-state index is 5.55. The third-order valence-electron chi connectivity index (χ3n) is 11.1. The van der Waals surface area contributed by atoms with E-state index in [-0.39, 0.29) is 0 Å². The average Bonchev–Trinajstić information content (AvgIpc) is 3.30. The van der Waals surface area contributed by atoms with Crippen molar-refractivity contribution in [1.29, 1.82) is 0 Å². The second-order valence-corrected chi connectivity index (χ2v) is 14.4. The van der Waals surface area contributed by atoms with Crippen LogP contribution in [0.15, 0.2) is 194 Å². The summed E-state index contributed by atoms with van der Waals surface area (Å²) in [5.74, 6) is 1.56. The van der Waals surface area contributed by atoms with Gasteiger partial charge in [-0.25, -0.2) is 9.97 Å². The smallest absolute Gasteiger partial charge is 0.138 e. The molecule has 0 amide bonds. The summed E-state index contributed by atoms with van der Waals surface area (Å²) in [6.07, 6.45) is 3.50. The Morgan fingerprint density at radius 3 is 0.879 bits per heavy atom. The van der Waals surface area contributed by atoms with Gasteiger partial charge in [0.25, 0.3) is 0 Å². The lowest BCUT2D eigenvalue weighted by atomic mass is 10.0. The Balaban J connectivity index is 1.09. The first-order chi connectivity index (χ1) is 28.8. The first-order valence-electron chi connectivity index (χ1n) is 19.3. The highest BCUT2D eigenvalue weighted by Gasteiger charge is 2.33. The zero-order chi connectivity index (χ0) is 38.2. The standard InChI is InChI=1S/C50H32N8/c1-3-15-33(16-4-1)55-37-19-7-11-23-41(37)57(42-24-12-8-20-38(42)55)45-29-27-35-47-48(52-32-31-51-47)36-28-30-46(54-50(36)49(35)53-45)58-43-25-13-9-21-39(43)56(34-17-5-2-6-18-34)40-22-10-14-26-44(40)58/h1-32H. The number of hydrogen-bond donors (Lipinski definition) is 0. The van der Waals surface area contributed by atoms with Crippen molar-refractivity contribution in [1.82, 2.24) is 19.9 Å². The van der Waals surface area contributed by atoms with Crippen molar-refractivity contribution in [2.45, 2.75) is 0 Å². The fraction of sp³-hybridized carbons (Fsp3) is 0. The fourth-order valence-electron chi connectivity index (χ4n) is 8.71. The van der Waals surface area contributed by atoms with Gasteiger partial charge in [-0.1, -0.05) is 84.9 Å². The third kappa shape index (κ3) is 4.75. The number of para-hydroxylation sites is 10. The number of aromatic nitrogens is 4. The lowest BCUT2D eigenvalue weighted by molar-refractivity contribution is 1.13. The molecule has 12 rings (SSSR count). The summed E-state index contributed by atoms with van der Waals surface area (Å²) in [5, 5.41) is 1.78. The van der Waals surface area contributed by atoms with E-state index in [9.17, 15) is 0 Å². The van der Waals surface area contributed by atoms with E-state index in [1.165, 1.54) is 0 Å². The van der Waals surface area contributed by atoms with Crippen LogP contribution in [0.25, 0.3) is 32.8 Å². The van der Waals surface area contributed by atoms with Gasteiger partial charge in [0, 0.05) is 34.5 Å². The molecule has 0 fully saturated rings. The Bertz CT molecular complexity index is 2910. The van der Waals surface area contributed by atoms with E-state index in [0.717, 1.165) is 101 Å². The first-order valence-corrected chi connectivity index (χ1v) is 19.3. The van der Waals surface area contributed by atoms with Crippen molar-refractivity contribution in [2.24, 2.45) is 0 Å². The Kier molecular flexibility index (Phi) is 7.06. The van der Waals surface area contributed by atoms with E-state index in [1.54, 1.807) is 12.4 Å². The number of benzene rings is 7. The molecule has 0 atom stereocenters. The second kappa shape index (κ2) is 12.7. The molecule has 10 aromatic rings. The number of rotatable bonds is 4. The molecule has 5 heterocycles. The van der Waals surface area contributed by atoms with E-state index in [0.29, 0.717) is 0 Å². The molecule has 0 saturated carbocycles. The summed E-state index contributed by atoms with van der Waals surface area (Å²) in [6, 6.07) is 63.5. The Labute approximate surface area is 334 Å². The minimum absolute atomic E-state index is 0.757. The molecule has 7 aromatic carbocycles. The van der Waals surface area contributed by atoms with Crippen LogP contribution < -0.4 is 19.6 Å². The molecule has 2 aliphatic rings. The fourth-order valence-corrected chi connectivity index (χ4v) is 8.71. The van der Waals surface area contributed by atoms with Gasteiger partial charge < -0.3 is 9.80 Å². The molecule has 0 unspecified atom stereocenters. The molecule has 8 heteroatoms. The van der Waals surface area contributed by atoms with Gasteiger partial charge in [0.1, 0.15) is 22.7 Å². The predicted molar refractivity (Wildman–Crippen MR) is 236 cm³/mol. The lowest BCUT2D eigenvalue weighted by Gasteiger charge is -2.40. The highest BCUT2D eigenvalue weighted by Crippen LogP contribution is 2.55. The van der Waals surface area contributed by atoms with Crippen molar-refractivity contribution in [3.8, 4) is 0 Å². The molecule has 8 nitrogen and oxygen atoms in total. The minimum atomic E-state index is 0.757. The van der Waals surface area contributed by atoms with Crippen LogP contribution in [0.4, 0.5) is 68.5 Å². The normalized spacial score (nSPS) is 13.0. The third-order valence-corrected chi connectivity index (χ3v) is 11.1. The zero-order valence-electron chi connectivity index (χ0n) is 31.1. The van der Waals surface area contributed by atoms with Gasteiger partial charge in [-0.05, 0) is 97.1 Å². The number of hydrogen-bond acceptors (Lipinski definition) is 8. The molecule has 272 valence electrons. The summed E-state index contributed by atoms with van der Waals surface area (Å²) in [5.41, 5.74) is 13.7. The topological polar surface area (TPSA) is 64.5 Å². The van der Waals surface area contributed by atoms with Crippen LogP contribution in [0.2, 0.25) is 0 Å². The highest BCUT2D eigenvalue weighted by atomic mass is 15.3. The quantitative estimate of drug-likeness (QED) is 0.165. The van der Waals surface area contributed by atoms with Crippen LogP contribution in [0.1, 0.15) is 0 Å². The number of pyridine rings is 2. The first kappa shape index (κ1) is 32.2. The Morgan fingerprint density at radius 2 is 0.552 bits per heavy atom. The van der Waals surface area contributed by atoms with Crippen LogP contribution in [-0.2, 0) is 0 Å². The van der Waals surface area contributed by atoms with Gasteiger partial charge in [-0.3, -0.25) is 19.8 Å². The van der Waals surface area contributed by atoms with Crippen LogP contribution >= 0.6 is 0 Å². The van der Waals surface area contributed by atoms with Crippen LogP contribution in [-0.4, -0.2) is 19.9 Å². The van der Waals surface area contributed by atoms with E-state index in [2.05, 4.69) is 202 Å². The van der Waals surface area contributed by atoms with E-state index in [1.807, 2.05) is 0 Å². The van der Waals surface area contributed by atoms with Crippen LogP contribution in [0, 0.1) is 0 Å². The maximum atomic E-state index is 5.55. The van der Waals surface area contributed by atoms with E-state index < -0.39 is 0 Å². The molecule has 0 radical (unpaired) electrons. The number of anilines is 12. The summed E-state index contributed by atoms with van der Waals surface area (Å²) in [6.45, 7) is 0. The second-order valence-electron chi connectivity index (χ2n) is 14.4. The molecular weight excluding hydrogens is 713 g/mol. The molecule has 2 aliphatic heterocycles. The molecule has 58 heavy (non-hydrogen) atoms. The average molecular weight is 745 g/mol. The van der Waals surface area contributed by atoms with Gasteiger partial charge >= 0.3 is 0 Å². The van der Waals surface area contributed by atoms with Gasteiger partial charge in [0.15, 0.2) is 0 Å². The van der Waals surface area contributed by atoms with E-state index >= 15 is 0 Å². The Hall–Kier alpha value is -8.10. The number of nitrogens with zero attached hydrogens (tertiary/aromatic N) is 8. The van der Waals surface area contributed by atoms with Crippen LogP contribution in [0.5, 0.6) is 0 Å². The zero-order valence-corrected chi connectivity index (χ0v) is 31.1. The predicted octanol–water partition coefficient (Wildman–Crippen LogP) is 13.2. The summed E-state index contributed by atoms with van der Waals surface area (Å²) >= 11 is 0. The van der Waals surface area contributed by atoms with Gasteiger partial charge in [0.2, 0.25) is 0 Å². The summed E-state index contributed by atoms with van der Waals surface area (Å²) in [7, 11) is 0. The molecule has 0 N–H and O–H groups in total. The SMILES string of the molecule is c1ccc(N2c3ccccc3N(c3ccc4c5nccnc5c5ccc(N6c7ccccc7N(c7ccccc7)c7ccccc76)nc5c4n3)c3ccccc32)cc1. The highest BCUT2D eigenvalue weighted by molar-refractivity contribution is 6.21. The Morgan fingerprint density at radius 1 is 0.259 bits per heavy atom. The van der Waals surface area contributed by atoms with Crippen molar-refractivity contribution in [3.05, 3.63) is 194 Å². The molecule has 0 spiro atoms. The molecule has 3 aromatic heterocycles. The minimum Gasteiger partial charge on any atom is -0.306 e. The van der Waals surface area contributed by atoms with Crippen molar-refractivity contribution < 1.29 is 0 Å². The molecule has 0 aliphatic carbocycles. The lowest BCUT2D eigenvalue weighted by Crippen LogP contribution is -2.24. The molecular formula is C50H32N8. The van der Waals surface area contributed by atoms with Gasteiger partial charge in [-0.2, -0.15) is 0 Å². The molecule has 0 saturated heterocycles. The van der Waals surface area contributed by atoms with Crippen molar-refractivity contribution in [3.63, 3.8) is 0 Å². The van der Waals surface area contributed by atoms with Gasteiger partial charge in [0.05, 0.1) is 56.5 Å². The van der Waals surface area contributed by atoms with Crippen LogP contribution in [0.3, 0.4) is 0 Å². The molecule has 0 bridgehead atoms. The monoisotopic (exact) mass is 744 g/mol. The summed E-state index contributed by atoms with van der Waals surface area (Å²) in [4.78, 5) is 30.0. The van der Waals surface area contributed by atoms with Gasteiger partial charge in [-0.15, -0.1) is 0 Å². The summed E-state index contributed by atoms with van der Waals surface area (Å²) < 4.78 is 0. The van der Waals surface area contributed by atoms with E-state index in [4.69, 9.17) is 19.9 Å². The maximum Gasteiger partial charge on any atom is 0.138 e. The van der Waals surface area contributed by atoms with Crippen molar-refractivity contribution in [2.75, 3.05) is 19.6 Å². The van der Waals surface area contributed by atoms with Crippen molar-refractivity contribution >= 4 is 101 Å². The largest absolute Gasteiger partial charge is 0.306 e. The number of fused-ring (bicyclic) bond motifs is 10.